The number of hydrogen-bond donors (Lipinski definition) is 3. The molecule has 2 heterocycles. The van der Waals surface area contributed by atoms with Gasteiger partial charge in [0.2, 0.25) is 5.91 Å². The SMILES string of the molecule is Cc1cc(NS(=O)(=O)c2ccc(NC(=S)NC(=O)C=Cc3cccs3)cc2)no1. The summed E-state index contributed by atoms with van der Waals surface area (Å²) in [5.41, 5.74) is 0.522. The number of thiocarbonyl (C=S) groups is 1. The highest BCUT2D eigenvalue weighted by atomic mass is 32.2. The molecule has 0 bridgehead atoms. The molecular formula is C18H16N4O4S3. The van der Waals surface area contributed by atoms with Crippen molar-refractivity contribution >= 4 is 62.2 Å². The minimum Gasteiger partial charge on any atom is -0.360 e. The summed E-state index contributed by atoms with van der Waals surface area (Å²) in [6.45, 7) is 1.66. The summed E-state index contributed by atoms with van der Waals surface area (Å²) in [6.07, 6.45) is 3.07. The molecule has 0 saturated carbocycles. The first-order valence-electron chi connectivity index (χ1n) is 8.21. The summed E-state index contributed by atoms with van der Waals surface area (Å²) in [5, 5.41) is 11.0. The van der Waals surface area contributed by atoms with Gasteiger partial charge in [0.1, 0.15) is 5.76 Å². The van der Waals surface area contributed by atoms with Crippen LogP contribution in [0.1, 0.15) is 10.6 Å². The Morgan fingerprint density at radius 3 is 2.62 bits per heavy atom. The number of hydrogen-bond acceptors (Lipinski definition) is 7. The second-order valence-electron chi connectivity index (χ2n) is 5.74. The van der Waals surface area contributed by atoms with Crippen molar-refractivity contribution in [1.82, 2.24) is 10.5 Å². The second kappa shape index (κ2) is 8.99. The first kappa shape index (κ1) is 20.7. The molecule has 150 valence electrons. The van der Waals surface area contributed by atoms with Gasteiger partial charge in [-0.2, -0.15) is 0 Å². The standard InChI is InChI=1S/C18H16N4O4S3/c1-12-11-16(21-26-12)22-29(24,25)15-7-4-13(5-8-15)19-18(27)20-17(23)9-6-14-3-2-10-28-14/h2-11H,1H3,(H,21,22)(H2,19,20,23,27). The molecule has 2 aromatic heterocycles. The highest BCUT2D eigenvalue weighted by Crippen LogP contribution is 2.18. The van der Waals surface area contributed by atoms with Gasteiger partial charge in [-0.1, -0.05) is 11.2 Å². The van der Waals surface area contributed by atoms with Gasteiger partial charge in [0, 0.05) is 22.7 Å². The molecule has 3 N–H and O–H groups in total. The van der Waals surface area contributed by atoms with E-state index in [2.05, 4.69) is 20.5 Å². The van der Waals surface area contributed by atoms with Crippen LogP contribution in [0.4, 0.5) is 11.5 Å². The lowest BCUT2D eigenvalue weighted by Gasteiger charge is -2.09. The van der Waals surface area contributed by atoms with Crippen LogP contribution in [-0.2, 0) is 14.8 Å². The van der Waals surface area contributed by atoms with Crippen LogP contribution in [0, 0.1) is 6.92 Å². The molecule has 0 spiro atoms. The zero-order valence-corrected chi connectivity index (χ0v) is 17.5. The highest BCUT2D eigenvalue weighted by molar-refractivity contribution is 7.92. The van der Waals surface area contributed by atoms with E-state index in [1.807, 2.05) is 17.5 Å². The molecule has 3 rings (SSSR count). The van der Waals surface area contributed by atoms with Crippen molar-refractivity contribution in [2.24, 2.45) is 0 Å². The second-order valence-corrected chi connectivity index (χ2v) is 8.81. The minimum absolute atomic E-state index is 0.0394. The normalized spacial score (nSPS) is 11.3. The van der Waals surface area contributed by atoms with E-state index in [-0.39, 0.29) is 21.7 Å². The van der Waals surface area contributed by atoms with Crippen LogP contribution >= 0.6 is 23.6 Å². The Kier molecular flexibility index (Phi) is 6.42. The highest BCUT2D eigenvalue weighted by Gasteiger charge is 2.16. The smallest absolute Gasteiger partial charge is 0.263 e. The summed E-state index contributed by atoms with van der Waals surface area (Å²) in [6, 6.07) is 11.1. The minimum atomic E-state index is -3.80. The number of aromatic nitrogens is 1. The molecule has 0 aliphatic heterocycles. The van der Waals surface area contributed by atoms with Gasteiger partial charge in [-0.3, -0.25) is 14.8 Å². The van der Waals surface area contributed by atoms with Gasteiger partial charge in [0.05, 0.1) is 4.90 Å². The molecule has 29 heavy (non-hydrogen) atoms. The maximum absolute atomic E-state index is 12.4. The summed E-state index contributed by atoms with van der Waals surface area (Å²) < 4.78 is 31.9. The summed E-state index contributed by atoms with van der Waals surface area (Å²) in [7, 11) is -3.80. The van der Waals surface area contributed by atoms with E-state index in [0.29, 0.717) is 11.4 Å². The summed E-state index contributed by atoms with van der Waals surface area (Å²) in [5.74, 6) is 0.217. The number of rotatable bonds is 6. The number of thiophene rings is 1. The molecule has 0 atom stereocenters. The van der Waals surface area contributed by atoms with Crippen molar-refractivity contribution in [3.8, 4) is 0 Å². The summed E-state index contributed by atoms with van der Waals surface area (Å²) >= 11 is 6.61. The Morgan fingerprint density at radius 2 is 2.00 bits per heavy atom. The first-order chi connectivity index (χ1) is 13.8. The third-order valence-electron chi connectivity index (χ3n) is 3.47. The van der Waals surface area contributed by atoms with Crippen LogP contribution in [-0.4, -0.2) is 24.6 Å². The van der Waals surface area contributed by atoms with Crippen LogP contribution < -0.4 is 15.4 Å². The number of anilines is 2. The van der Waals surface area contributed by atoms with Crippen molar-refractivity contribution in [3.63, 3.8) is 0 Å². The van der Waals surface area contributed by atoms with Gasteiger partial charge in [0.15, 0.2) is 10.9 Å². The molecule has 0 aliphatic rings. The van der Waals surface area contributed by atoms with E-state index >= 15 is 0 Å². The van der Waals surface area contributed by atoms with Gasteiger partial charge in [0.25, 0.3) is 10.0 Å². The number of nitrogens with one attached hydrogen (secondary N) is 3. The van der Waals surface area contributed by atoms with Gasteiger partial charge in [-0.05, 0) is 60.9 Å². The molecule has 1 amide bonds. The third-order valence-corrected chi connectivity index (χ3v) is 5.88. The Morgan fingerprint density at radius 1 is 1.24 bits per heavy atom. The van der Waals surface area contributed by atoms with Crippen LogP contribution in [0.2, 0.25) is 0 Å². The molecule has 0 saturated heterocycles. The molecule has 0 radical (unpaired) electrons. The third kappa shape index (κ3) is 5.98. The number of carbonyl (C=O) groups excluding carboxylic acids is 1. The predicted octanol–water partition coefficient (Wildman–Crippen LogP) is 3.37. The zero-order valence-electron chi connectivity index (χ0n) is 15.1. The van der Waals surface area contributed by atoms with E-state index in [1.165, 1.54) is 47.7 Å². The quantitative estimate of drug-likeness (QED) is 0.391. The lowest BCUT2D eigenvalue weighted by atomic mass is 10.3. The van der Waals surface area contributed by atoms with Gasteiger partial charge in [-0.15, -0.1) is 11.3 Å². The van der Waals surface area contributed by atoms with Crippen molar-refractivity contribution < 1.29 is 17.7 Å². The lowest BCUT2D eigenvalue weighted by molar-refractivity contribution is -0.115. The van der Waals surface area contributed by atoms with Gasteiger partial charge in [-0.25, -0.2) is 8.42 Å². The fraction of sp³-hybridized carbons (Fsp3) is 0.0556. The van der Waals surface area contributed by atoms with Gasteiger partial charge >= 0.3 is 0 Å². The maximum atomic E-state index is 12.4. The molecule has 8 nitrogen and oxygen atoms in total. The number of benzene rings is 1. The molecule has 0 aliphatic carbocycles. The van der Waals surface area contributed by atoms with Crippen LogP contribution in [0.25, 0.3) is 6.08 Å². The fourth-order valence-corrected chi connectivity index (χ4v) is 4.01. The number of amides is 1. The van der Waals surface area contributed by atoms with Gasteiger partial charge < -0.3 is 9.84 Å². The van der Waals surface area contributed by atoms with E-state index in [1.54, 1.807) is 13.0 Å². The topological polar surface area (TPSA) is 113 Å². The molecule has 1 aromatic carbocycles. The molecule has 0 unspecified atom stereocenters. The molecule has 0 fully saturated rings. The zero-order chi connectivity index (χ0) is 20.9. The Hall–Kier alpha value is -3.02. The predicted molar refractivity (Wildman–Crippen MR) is 116 cm³/mol. The number of carbonyl (C=O) groups is 1. The Labute approximate surface area is 176 Å². The van der Waals surface area contributed by atoms with E-state index in [9.17, 15) is 13.2 Å². The number of nitrogens with zero attached hydrogens (tertiary/aromatic N) is 1. The Balaban J connectivity index is 1.56. The number of sulfonamides is 1. The largest absolute Gasteiger partial charge is 0.360 e. The van der Waals surface area contributed by atoms with E-state index in [4.69, 9.17) is 16.7 Å². The fourth-order valence-electron chi connectivity index (χ4n) is 2.19. The number of aryl methyl sites for hydroxylation is 1. The van der Waals surface area contributed by atoms with Crippen molar-refractivity contribution in [2.75, 3.05) is 10.0 Å². The summed E-state index contributed by atoms with van der Waals surface area (Å²) in [4.78, 5) is 12.9. The maximum Gasteiger partial charge on any atom is 0.263 e. The van der Waals surface area contributed by atoms with E-state index in [0.717, 1.165) is 4.88 Å². The van der Waals surface area contributed by atoms with Crippen molar-refractivity contribution in [3.05, 3.63) is 64.6 Å². The average Bonchev–Trinajstić information content (AvgIpc) is 3.32. The van der Waals surface area contributed by atoms with Crippen molar-refractivity contribution in [1.29, 1.82) is 0 Å². The first-order valence-corrected chi connectivity index (χ1v) is 11.0. The van der Waals surface area contributed by atoms with Crippen molar-refractivity contribution in [2.45, 2.75) is 11.8 Å². The monoisotopic (exact) mass is 448 g/mol. The average molecular weight is 449 g/mol. The van der Waals surface area contributed by atoms with E-state index < -0.39 is 10.0 Å². The molecular weight excluding hydrogens is 432 g/mol. The Bertz CT molecular complexity index is 1130. The van der Waals surface area contributed by atoms with Crippen LogP contribution in [0.5, 0.6) is 0 Å². The van der Waals surface area contributed by atoms with Crippen LogP contribution in [0.15, 0.2) is 63.3 Å². The van der Waals surface area contributed by atoms with Crippen LogP contribution in [0.3, 0.4) is 0 Å². The molecule has 11 heteroatoms. The lowest BCUT2D eigenvalue weighted by Crippen LogP contribution is -2.32. The molecule has 3 aromatic rings.